The highest BCUT2D eigenvalue weighted by Gasteiger charge is 2.36. The molecule has 0 amide bonds. The lowest BCUT2D eigenvalue weighted by atomic mass is 9.95. The molecule has 1 nitrogen and oxygen atoms in total. The van der Waals surface area contributed by atoms with E-state index < -0.39 is 4.93 Å². The molecule has 0 heterocycles. The van der Waals surface area contributed by atoms with Gasteiger partial charge in [0.25, 0.3) is 0 Å². The minimum atomic E-state index is -0.436. The van der Waals surface area contributed by atoms with Crippen LogP contribution in [0, 0.1) is 0 Å². The predicted octanol–water partition coefficient (Wildman–Crippen LogP) is 5.55. The van der Waals surface area contributed by atoms with E-state index in [4.69, 9.17) is 4.74 Å². The Hall–Kier alpha value is 1.27. The Morgan fingerprint density at radius 1 is 0.824 bits per heavy atom. The molecule has 104 valence electrons. The van der Waals surface area contributed by atoms with E-state index in [0.717, 1.165) is 12.8 Å². The molecular weight excluding hydrogens is 364 g/mol. The molecule has 4 heteroatoms. The molecule has 1 atom stereocenters. The molecule has 0 aromatic heterocycles. The summed E-state index contributed by atoms with van der Waals surface area (Å²) in [6.45, 7) is 14.8. The van der Waals surface area contributed by atoms with Gasteiger partial charge in [0.05, 0.1) is 5.60 Å². The maximum Gasteiger partial charge on any atom is 0.110 e. The molecule has 0 bridgehead atoms. The second kappa shape index (κ2) is 5.72. The summed E-state index contributed by atoms with van der Waals surface area (Å²) in [5, 5.41) is 0. The lowest BCUT2D eigenvalue weighted by molar-refractivity contribution is -0.0936. The number of hydrogen-bond donors (Lipinski definition) is 1. The van der Waals surface area contributed by atoms with Crippen molar-refractivity contribution < 1.29 is 4.74 Å². The second-order valence-corrected chi connectivity index (χ2v) is 12.1. The highest BCUT2D eigenvalue weighted by atomic mass is 79.9. The minimum absolute atomic E-state index is 0.0312. The average Bonchev–Trinajstić information content (AvgIpc) is 1.65. The third-order valence-electron chi connectivity index (χ3n) is 2.09. The molecule has 17 heavy (non-hydrogen) atoms. The van der Waals surface area contributed by atoms with Crippen LogP contribution in [0.15, 0.2) is 0 Å². The van der Waals surface area contributed by atoms with Crippen LogP contribution in [0.5, 0.6) is 0 Å². The van der Waals surface area contributed by atoms with Crippen molar-refractivity contribution in [2.75, 3.05) is 0 Å². The maximum atomic E-state index is 6.18. The van der Waals surface area contributed by atoms with Crippen molar-refractivity contribution >= 4 is 44.5 Å². The van der Waals surface area contributed by atoms with Crippen LogP contribution in [0.4, 0.5) is 0 Å². The van der Waals surface area contributed by atoms with Crippen LogP contribution in [0.2, 0.25) is 0 Å². The molecule has 0 saturated heterocycles. The average molecular weight is 390 g/mol. The number of thiol groups is 1. The summed E-state index contributed by atoms with van der Waals surface area (Å²) in [7, 11) is 0. The van der Waals surface area contributed by atoms with Crippen molar-refractivity contribution in [3.05, 3.63) is 0 Å². The zero-order valence-corrected chi connectivity index (χ0v) is 16.1. The monoisotopic (exact) mass is 388 g/mol. The van der Waals surface area contributed by atoms with E-state index in [1.807, 2.05) is 6.92 Å². The van der Waals surface area contributed by atoms with Gasteiger partial charge in [0.1, 0.15) is 4.93 Å². The molecule has 0 aromatic rings. The van der Waals surface area contributed by atoms with Gasteiger partial charge in [-0.2, -0.15) is 0 Å². The number of ether oxygens (including phenoxy) is 1. The first-order valence-corrected chi connectivity index (χ1v) is 7.96. The van der Waals surface area contributed by atoms with Crippen LogP contribution in [0.1, 0.15) is 61.3 Å². The summed E-state index contributed by atoms with van der Waals surface area (Å²) in [6, 6.07) is 0. The molecule has 0 aliphatic rings. The maximum absolute atomic E-state index is 6.18. The summed E-state index contributed by atoms with van der Waals surface area (Å²) < 4.78 is 6.29. The molecule has 0 spiro atoms. The molecule has 0 aliphatic carbocycles. The largest absolute Gasteiger partial charge is 0.359 e. The molecule has 0 saturated carbocycles. The highest BCUT2D eigenvalue weighted by molar-refractivity contribution is 9.10. The lowest BCUT2D eigenvalue weighted by Gasteiger charge is -2.40. The van der Waals surface area contributed by atoms with Crippen molar-refractivity contribution in [3.63, 3.8) is 0 Å². The topological polar surface area (TPSA) is 9.23 Å². The van der Waals surface area contributed by atoms with Crippen LogP contribution in [-0.4, -0.2) is 19.2 Å². The zero-order valence-electron chi connectivity index (χ0n) is 12.0. The SMILES string of the molecule is CC(C)(Br)CC(C)(C)OC(C)(S)CC(C)(C)Br. The molecule has 1 unspecified atom stereocenters. The van der Waals surface area contributed by atoms with Gasteiger partial charge in [-0.1, -0.05) is 31.9 Å². The Morgan fingerprint density at radius 3 is 1.47 bits per heavy atom. The smallest absolute Gasteiger partial charge is 0.110 e. The van der Waals surface area contributed by atoms with Crippen LogP contribution in [-0.2, 0) is 4.74 Å². The van der Waals surface area contributed by atoms with Gasteiger partial charge in [-0.3, -0.25) is 0 Å². The fraction of sp³-hybridized carbons (Fsp3) is 1.00. The van der Waals surface area contributed by atoms with Crippen molar-refractivity contribution in [3.8, 4) is 0 Å². The Kier molecular flexibility index (Phi) is 6.15. The second-order valence-electron chi connectivity index (χ2n) is 6.83. The summed E-state index contributed by atoms with van der Waals surface area (Å²) in [5.74, 6) is 0. The number of alkyl halides is 2. The van der Waals surface area contributed by atoms with E-state index in [-0.39, 0.29) is 14.2 Å². The Morgan fingerprint density at radius 2 is 1.18 bits per heavy atom. The van der Waals surface area contributed by atoms with Crippen LogP contribution in [0.25, 0.3) is 0 Å². The van der Waals surface area contributed by atoms with E-state index in [9.17, 15) is 0 Å². The van der Waals surface area contributed by atoms with Gasteiger partial charge < -0.3 is 4.74 Å². The quantitative estimate of drug-likeness (QED) is 0.355. The number of hydrogen-bond acceptors (Lipinski definition) is 2. The van der Waals surface area contributed by atoms with E-state index in [0.29, 0.717) is 0 Å². The van der Waals surface area contributed by atoms with E-state index in [2.05, 4.69) is 86.0 Å². The Labute approximate surface area is 129 Å². The third-order valence-corrected chi connectivity index (χ3v) is 2.90. The molecule has 0 aliphatic heterocycles. The molecule has 0 rings (SSSR count). The normalized spacial score (nSPS) is 18.0. The highest BCUT2D eigenvalue weighted by Crippen LogP contribution is 2.39. The van der Waals surface area contributed by atoms with Gasteiger partial charge in [0.2, 0.25) is 0 Å². The van der Waals surface area contributed by atoms with Crippen LogP contribution < -0.4 is 0 Å². The molecule has 0 radical (unpaired) electrons. The zero-order chi connectivity index (χ0) is 14.1. The standard InChI is InChI=1S/C13H26Br2OS/c1-10(2,14)8-12(5,6)16-13(7,17)9-11(3,4)15/h17H,8-9H2,1-7H3. The van der Waals surface area contributed by atoms with Crippen molar-refractivity contribution in [2.24, 2.45) is 0 Å². The molecule has 0 aromatic carbocycles. The van der Waals surface area contributed by atoms with E-state index in [1.54, 1.807) is 0 Å². The number of rotatable bonds is 6. The number of halogens is 2. The van der Waals surface area contributed by atoms with Gasteiger partial charge in [0, 0.05) is 15.1 Å². The third kappa shape index (κ3) is 10.8. The summed E-state index contributed by atoms with van der Waals surface area (Å²) >= 11 is 12.0. The summed E-state index contributed by atoms with van der Waals surface area (Å²) in [4.78, 5) is -0.436. The minimum Gasteiger partial charge on any atom is -0.359 e. The Bertz CT molecular complexity index is 223. The van der Waals surface area contributed by atoms with Gasteiger partial charge in [-0.15, -0.1) is 12.6 Å². The van der Waals surface area contributed by atoms with Crippen LogP contribution in [0.3, 0.4) is 0 Å². The summed E-state index contributed by atoms with van der Waals surface area (Å²) in [6.07, 6.45) is 1.77. The molecule has 0 N–H and O–H groups in total. The molecule has 0 fully saturated rings. The lowest BCUT2D eigenvalue weighted by Crippen LogP contribution is -2.41. The van der Waals surface area contributed by atoms with Gasteiger partial charge in [-0.05, 0) is 54.9 Å². The Balaban J connectivity index is 4.59. The first-order valence-electron chi connectivity index (χ1n) is 5.92. The van der Waals surface area contributed by atoms with Crippen molar-refractivity contribution in [1.29, 1.82) is 0 Å². The van der Waals surface area contributed by atoms with Crippen LogP contribution >= 0.6 is 44.5 Å². The fourth-order valence-corrected chi connectivity index (χ4v) is 4.53. The predicted molar refractivity (Wildman–Crippen MR) is 87.8 cm³/mol. The van der Waals surface area contributed by atoms with Crippen molar-refractivity contribution in [2.45, 2.75) is 80.5 Å². The van der Waals surface area contributed by atoms with E-state index in [1.165, 1.54) is 0 Å². The van der Waals surface area contributed by atoms with Gasteiger partial charge in [-0.25, -0.2) is 0 Å². The van der Waals surface area contributed by atoms with Crippen molar-refractivity contribution in [1.82, 2.24) is 0 Å². The van der Waals surface area contributed by atoms with Gasteiger partial charge >= 0.3 is 0 Å². The first-order chi connectivity index (χ1) is 7.12. The van der Waals surface area contributed by atoms with E-state index >= 15 is 0 Å². The van der Waals surface area contributed by atoms with Gasteiger partial charge in [0.15, 0.2) is 0 Å². The molecular formula is C13H26Br2OS. The fourth-order valence-electron chi connectivity index (χ4n) is 2.46. The summed E-state index contributed by atoms with van der Waals surface area (Å²) in [5.41, 5.74) is -0.207. The first kappa shape index (κ1) is 18.3.